The standard InChI is InChI=1S/C9H16O5S/c1-14-5-2-9(8(10)11)3-6-15(12,13)7-4-9/h2-7H2,1H3,(H,10,11). The van der Waals surface area contributed by atoms with Gasteiger partial charge in [-0.3, -0.25) is 4.79 Å². The van der Waals surface area contributed by atoms with Crippen molar-refractivity contribution in [2.75, 3.05) is 25.2 Å². The number of carboxylic acid groups (broad SMARTS) is 1. The number of aliphatic carboxylic acids is 1. The van der Waals surface area contributed by atoms with Crippen molar-refractivity contribution in [3.05, 3.63) is 0 Å². The Kier molecular flexibility index (Phi) is 3.72. The maximum absolute atomic E-state index is 11.2. The molecule has 0 bridgehead atoms. The van der Waals surface area contributed by atoms with Gasteiger partial charge in [0.2, 0.25) is 0 Å². The fraction of sp³-hybridized carbons (Fsp3) is 0.889. The molecule has 0 aromatic rings. The van der Waals surface area contributed by atoms with Crippen molar-refractivity contribution in [2.45, 2.75) is 19.3 Å². The molecular weight excluding hydrogens is 220 g/mol. The molecule has 1 fully saturated rings. The van der Waals surface area contributed by atoms with Gasteiger partial charge in [-0.25, -0.2) is 8.42 Å². The smallest absolute Gasteiger partial charge is 0.309 e. The van der Waals surface area contributed by atoms with E-state index in [1.54, 1.807) is 0 Å². The Morgan fingerprint density at radius 3 is 2.33 bits per heavy atom. The van der Waals surface area contributed by atoms with Gasteiger partial charge >= 0.3 is 5.97 Å². The van der Waals surface area contributed by atoms with Crippen molar-refractivity contribution in [3.8, 4) is 0 Å². The molecule has 0 aliphatic carbocycles. The SMILES string of the molecule is COCCC1(C(=O)O)CCS(=O)(=O)CC1. The maximum atomic E-state index is 11.2. The van der Waals surface area contributed by atoms with E-state index >= 15 is 0 Å². The van der Waals surface area contributed by atoms with E-state index < -0.39 is 21.2 Å². The van der Waals surface area contributed by atoms with Crippen LogP contribution in [0.1, 0.15) is 19.3 Å². The van der Waals surface area contributed by atoms with Crippen LogP contribution in [0.3, 0.4) is 0 Å². The Balaban J connectivity index is 2.73. The van der Waals surface area contributed by atoms with E-state index in [0.717, 1.165) is 0 Å². The third kappa shape index (κ3) is 2.92. The van der Waals surface area contributed by atoms with Gasteiger partial charge in [0.05, 0.1) is 16.9 Å². The van der Waals surface area contributed by atoms with E-state index in [1.165, 1.54) is 7.11 Å². The predicted molar refractivity (Wildman–Crippen MR) is 54.4 cm³/mol. The average Bonchev–Trinajstić information content (AvgIpc) is 2.16. The third-order valence-electron chi connectivity index (χ3n) is 3.02. The van der Waals surface area contributed by atoms with Crippen molar-refractivity contribution < 1.29 is 23.1 Å². The number of rotatable bonds is 4. The highest BCUT2D eigenvalue weighted by atomic mass is 32.2. The van der Waals surface area contributed by atoms with Gasteiger partial charge in [0, 0.05) is 13.7 Å². The first-order valence-corrected chi connectivity index (χ1v) is 6.67. The maximum Gasteiger partial charge on any atom is 0.309 e. The highest BCUT2D eigenvalue weighted by molar-refractivity contribution is 7.91. The minimum absolute atomic E-state index is 0.0248. The molecule has 1 aliphatic rings. The Hall–Kier alpha value is -0.620. The molecule has 1 rings (SSSR count). The second-order valence-corrected chi connectivity index (χ2v) is 6.28. The van der Waals surface area contributed by atoms with Gasteiger partial charge in [0.15, 0.2) is 0 Å². The van der Waals surface area contributed by atoms with Crippen molar-refractivity contribution in [1.82, 2.24) is 0 Å². The topological polar surface area (TPSA) is 80.7 Å². The van der Waals surface area contributed by atoms with Crippen LogP contribution in [-0.2, 0) is 19.4 Å². The fourth-order valence-corrected chi connectivity index (χ4v) is 3.40. The summed E-state index contributed by atoms with van der Waals surface area (Å²) in [7, 11) is -1.51. The Bertz CT molecular complexity index is 318. The van der Waals surface area contributed by atoms with E-state index in [4.69, 9.17) is 9.84 Å². The van der Waals surface area contributed by atoms with Crippen LogP contribution in [0.25, 0.3) is 0 Å². The predicted octanol–water partition coefficient (Wildman–Crippen LogP) is 0.303. The first kappa shape index (κ1) is 12.4. The monoisotopic (exact) mass is 236 g/mol. The molecule has 1 heterocycles. The Labute approximate surface area is 89.3 Å². The van der Waals surface area contributed by atoms with Gasteiger partial charge in [-0.2, -0.15) is 0 Å². The summed E-state index contributed by atoms with van der Waals surface area (Å²) < 4.78 is 27.3. The normalized spacial score (nSPS) is 23.5. The minimum atomic E-state index is -3.02. The lowest BCUT2D eigenvalue weighted by molar-refractivity contribution is -0.150. The van der Waals surface area contributed by atoms with Crippen LogP contribution in [0.4, 0.5) is 0 Å². The van der Waals surface area contributed by atoms with Crippen LogP contribution < -0.4 is 0 Å². The molecule has 0 amide bonds. The number of hydrogen-bond donors (Lipinski definition) is 1. The highest BCUT2D eigenvalue weighted by Crippen LogP contribution is 2.36. The van der Waals surface area contributed by atoms with Crippen LogP contribution in [0.5, 0.6) is 0 Å². The molecule has 0 unspecified atom stereocenters. The van der Waals surface area contributed by atoms with E-state index in [-0.39, 0.29) is 24.3 Å². The molecule has 0 saturated carbocycles. The van der Waals surface area contributed by atoms with E-state index in [0.29, 0.717) is 13.0 Å². The molecule has 1 N–H and O–H groups in total. The molecule has 1 aliphatic heterocycles. The van der Waals surface area contributed by atoms with Gasteiger partial charge in [0.25, 0.3) is 0 Å². The third-order valence-corrected chi connectivity index (χ3v) is 4.67. The van der Waals surface area contributed by atoms with Crippen molar-refractivity contribution in [2.24, 2.45) is 5.41 Å². The van der Waals surface area contributed by atoms with Crippen LogP contribution in [0.15, 0.2) is 0 Å². The Morgan fingerprint density at radius 2 is 1.93 bits per heavy atom. The Morgan fingerprint density at radius 1 is 1.40 bits per heavy atom. The number of carbonyl (C=O) groups is 1. The molecule has 5 nitrogen and oxygen atoms in total. The fourth-order valence-electron chi connectivity index (χ4n) is 1.80. The quantitative estimate of drug-likeness (QED) is 0.759. The van der Waals surface area contributed by atoms with Gasteiger partial charge in [-0.1, -0.05) is 0 Å². The van der Waals surface area contributed by atoms with Crippen LogP contribution in [-0.4, -0.2) is 44.7 Å². The molecule has 1 saturated heterocycles. The molecule has 6 heteroatoms. The van der Waals surface area contributed by atoms with Gasteiger partial charge in [0.1, 0.15) is 9.84 Å². The number of hydrogen-bond acceptors (Lipinski definition) is 4. The first-order chi connectivity index (χ1) is 6.92. The van der Waals surface area contributed by atoms with E-state index in [2.05, 4.69) is 0 Å². The summed E-state index contributed by atoms with van der Waals surface area (Å²) >= 11 is 0. The minimum Gasteiger partial charge on any atom is -0.481 e. The summed E-state index contributed by atoms with van der Waals surface area (Å²) in [6.07, 6.45) is 0.788. The molecule has 0 spiro atoms. The number of carboxylic acids is 1. The highest BCUT2D eigenvalue weighted by Gasteiger charge is 2.43. The molecule has 0 aromatic carbocycles. The lowest BCUT2D eigenvalue weighted by Crippen LogP contribution is -2.40. The van der Waals surface area contributed by atoms with Gasteiger partial charge in [-0.15, -0.1) is 0 Å². The molecular formula is C9H16O5S. The molecule has 15 heavy (non-hydrogen) atoms. The van der Waals surface area contributed by atoms with Crippen LogP contribution in [0, 0.1) is 5.41 Å². The van der Waals surface area contributed by atoms with Crippen LogP contribution >= 0.6 is 0 Å². The number of sulfone groups is 1. The van der Waals surface area contributed by atoms with Gasteiger partial charge in [-0.05, 0) is 19.3 Å². The lowest BCUT2D eigenvalue weighted by Gasteiger charge is -2.32. The second-order valence-electron chi connectivity index (χ2n) is 3.98. The molecule has 0 atom stereocenters. The molecule has 88 valence electrons. The summed E-state index contributed by atoms with van der Waals surface area (Å²) in [5, 5.41) is 9.14. The largest absolute Gasteiger partial charge is 0.481 e. The zero-order valence-electron chi connectivity index (χ0n) is 8.73. The van der Waals surface area contributed by atoms with Gasteiger partial charge < -0.3 is 9.84 Å². The van der Waals surface area contributed by atoms with Crippen molar-refractivity contribution >= 4 is 15.8 Å². The molecule has 0 aromatic heterocycles. The second kappa shape index (κ2) is 4.49. The number of methoxy groups -OCH3 is 1. The van der Waals surface area contributed by atoms with Crippen molar-refractivity contribution in [3.63, 3.8) is 0 Å². The zero-order chi connectivity index (χ0) is 11.5. The summed E-state index contributed by atoms with van der Waals surface area (Å²) in [4.78, 5) is 11.1. The first-order valence-electron chi connectivity index (χ1n) is 4.85. The summed E-state index contributed by atoms with van der Waals surface area (Å²) in [6, 6.07) is 0. The molecule has 0 radical (unpaired) electrons. The van der Waals surface area contributed by atoms with Crippen molar-refractivity contribution in [1.29, 1.82) is 0 Å². The van der Waals surface area contributed by atoms with Crippen LogP contribution in [0.2, 0.25) is 0 Å². The number of ether oxygens (including phenoxy) is 1. The zero-order valence-corrected chi connectivity index (χ0v) is 9.55. The average molecular weight is 236 g/mol. The van der Waals surface area contributed by atoms with E-state index in [9.17, 15) is 13.2 Å². The summed E-state index contributed by atoms with van der Waals surface area (Å²) in [5.41, 5.74) is -0.901. The lowest BCUT2D eigenvalue weighted by atomic mass is 9.79. The summed E-state index contributed by atoms with van der Waals surface area (Å²) in [6.45, 7) is 0.354. The summed E-state index contributed by atoms with van der Waals surface area (Å²) in [5.74, 6) is -0.957. The van der Waals surface area contributed by atoms with E-state index in [1.807, 2.05) is 0 Å².